The Bertz CT molecular complexity index is 893. The molecule has 0 aliphatic heterocycles. The van der Waals surface area contributed by atoms with Gasteiger partial charge in [-0.25, -0.2) is 9.78 Å². The number of rotatable bonds is 6. The average molecular weight is 367 g/mol. The molecule has 26 heavy (non-hydrogen) atoms. The molecule has 0 aliphatic carbocycles. The van der Waals surface area contributed by atoms with Crippen molar-refractivity contribution in [3.63, 3.8) is 0 Å². The van der Waals surface area contributed by atoms with Gasteiger partial charge in [-0.2, -0.15) is 0 Å². The molecule has 0 radical (unpaired) electrons. The highest BCUT2D eigenvalue weighted by Crippen LogP contribution is 2.19. The second-order valence-electron chi connectivity index (χ2n) is 5.43. The molecule has 0 saturated heterocycles. The van der Waals surface area contributed by atoms with Crippen LogP contribution >= 0.6 is 11.3 Å². The minimum absolute atomic E-state index is 0.105. The van der Waals surface area contributed by atoms with E-state index in [9.17, 15) is 9.59 Å². The van der Waals surface area contributed by atoms with Crippen LogP contribution in [-0.2, 0) is 16.0 Å². The molecule has 7 heteroatoms. The van der Waals surface area contributed by atoms with Crippen LogP contribution in [-0.4, -0.2) is 24.0 Å². The van der Waals surface area contributed by atoms with E-state index >= 15 is 0 Å². The second kappa shape index (κ2) is 8.26. The van der Waals surface area contributed by atoms with Crippen LogP contribution < -0.4 is 10.6 Å². The third-order valence-electron chi connectivity index (χ3n) is 3.52. The SMILES string of the molecule is COC(=O)c1cccc(Nc2ccc(NC(=O)Cc3cccs3)nc2)c1. The monoisotopic (exact) mass is 367 g/mol. The molecule has 0 unspecified atom stereocenters. The summed E-state index contributed by atoms with van der Waals surface area (Å²) in [5.74, 6) is -0.0116. The number of hydrogen-bond acceptors (Lipinski definition) is 6. The van der Waals surface area contributed by atoms with Crippen molar-refractivity contribution in [1.29, 1.82) is 0 Å². The quantitative estimate of drug-likeness (QED) is 0.647. The first kappa shape index (κ1) is 17.6. The molecule has 3 aromatic rings. The highest BCUT2D eigenvalue weighted by atomic mass is 32.1. The van der Waals surface area contributed by atoms with Gasteiger partial charge in [-0.1, -0.05) is 12.1 Å². The zero-order valence-corrected chi connectivity index (χ0v) is 14.9. The Balaban J connectivity index is 1.61. The number of benzene rings is 1. The Morgan fingerprint density at radius 3 is 2.69 bits per heavy atom. The van der Waals surface area contributed by atoms with E-state index in [1.807, 2.05) is 23.6 Å². The van der Waals surface area contributed by atoms with Gasteiger partial charge in [0.05, 0.1) is 31.0 Å². The molecule has 0 atom stereocenters. The molecule has 1 amide bonds. The summed E-state index contributed by atoms with van der Waals surface area (Å²) in [5, 5.41) is 7.87. The first-order chi connectivity index (χ1) is 12.6. The predicted octanol–water partition coefficient (Wildman–Crippen LogP) is 3.85. The van der Waals surface area contributed by atoms with Crippen molar-refractivity contribution in [2.75, 3.05) is 17.7 Å². The normalized spacial score (nSPS) is 10.2. The lowest BCUT2D eigenvalue weighted by atomic mass is 10.2. The summed E-state index contributed by atoms with van der Waals surface area (Å²) >= 11 is 1.55. The Labute approximate surface area is 154 Å². The van der Waals surface area contributed by atoms with Crippen LogP contribution in [0.5, 0.6) is 0 Å². The summed E-state index contributed by atoms with van der Waals surface area (Å²) in [6.45, 7) is 0. The first-order valence-corrected chi connectivity index (χ1v) is 8.76. The van der Waals surface area contributed by atoms with Crippen LogP contribution in [0.25, 0.3) is 0 Å². The van der Waals surface area contributed by atoms with Crippen LogP contribution in [0.15, 0.2) is 60.1 Å². The number of anilines is 3. The number of nitrogens with zero attached hydrogens (tertiary/aromatic N) is 1. The molecule has 0 aliphatic rings. The van der Waals surface area contributed by atoms with Crippen molar-refractivity contribution < 1.29 is 14.3 Å². The van der Waals surface area contributed by atoms with Gasteiger partial charge in [-0.05, 0) is 41.8 Å². The van der Waals surface area contributed by atoms with Gasteiger partial charge in [-0.3, -0.25) is 4.79 Å². The topological polar surface area (TPSA) is 80.3 Å². The number of ether oxygens (including phenoxy) is 1. The van der Waals surface area contributed by atoms with Crippen molar-refractivity contribution in [2.45, 2.75) is 6.42 Å². The molecule has 0 bridgehead atoms. The molecule has 1 aromatic carbocycles. The molecule has 2 N–H and O–H groups in total. The van der Waals surface area contributed by atoms with Crippen LogP contribution in [0.2, 0.25) is 0 Å². The minimum atomic E-state index is -0.393. The number of hydrogen-bond donors (Lipinski definition) is 2. The molecule has 2 aromatic heterocycles. The van der Waals surface area contributed by atoms with Crippen molar-refractivity contribution in [3.05, 3.63) is 70.5 Å². The molecule has 2 heterocycles. The maximum Gasteiger partial charge on any atom is 0.337 e. The van der Waals surface area contributed by atoms with Crippen molar-refractivity contribution in [3.8, 4) is 0 Å². The fourth-order valence-electron chi connectivity index (χ4n) is 2.31. The van der Waals surface area contributed by atoms with E-state index in [0.29, 0.717) is 17.8 Å². The fraction of sp³-hybridized carbons (Fsp3) is 0.105. The lowest BCUT2D eigenvalue weighted by Crippen LogP contribution is -2.14. The molecule has 0 saturated carbocycles. The van der Waals surface area contributed by atoms with E-state index in [2.05, 4.69) is 15.6 Å². The summed E-state index contributed by atoms with van der Waals surface area (Å²) < 4.78 is 4.71. The molecule has 0 fully saturated rings. The van der Waals surface area contributed by atoms with E-state index in [4.69, 9.17) is 4.74 Å². The minimum Gasteiger partial charge on any atom is -0.465 e. The average Bonchev–Trinajstić information content (AvgIpc) is 3.16. The standard InChI is InChI=1S/C19H17N3O3S/c1-25-19(24)13-4-2-5-14(10-13)21-15-7-8-17(20-12-15)22-18(23)11-16-6-3-9-26-16/h2-10,12,21H,11H2,1H3,(H,20,22,23). The van der Waals surface area contributed by atoms with E-state index in [-0.39, 0.29) is 5.91 Å². The zero-order chi connectivity index (χ0) is 18.4. The van der Waals surface area contributed by atoms with Crippen molar-refractivity contribution >= 4 is 40.4 Å². The molecular weight excluding hydrogens is 350 g/mol. The highest BCUT2D eigenvalue weighted by Gasteiger charge is 2.07. The van der Waals surface area contributed by atoms with Gasteiger partial charge < -0.3 is 15.4 Å². The van der Waals surface area contributed by atoms with Crippen LogP contribution in [0.4, 0.5) is 17.2 Å². The lowest BCUT2D eigenvalue weighted by molar-refractivity contribution is -0.115. The lowest BCUT2D eigenvalue weighted by Gasteiger charge is -2.09. The number of nitrogens with one attached hydrogen (secondary N) is 2. The molecular formula is C19H17N3O3S. The molecule has 132 valence electrons. The summed E-state index contributed by atoms with van der Waals surface area (Å²) in [7, 11) is 1.35. The molecule has 3 rings (SSSR count). The summed E-state index contributed by atoms with van der Waals surface area (Å²) in [6, 6.07) is 14.3. The van der Waals surface area contributed by atoms with Gasteiger partial charge in [0.2, 0.25) is 5.91 Å². The third kappa shape index (κ3) is 4.67. The number of carbonyl (C=O) groups excluding carboxylic acids is 2. The number of esters is 1. The number of methoxy groups -OCH3 is 1. The Morgan fingerprint density at radius 2 is 2.00 bits per heavy atom. The Morgan fingerprint density at radius 1 is 1.12 bits per heavy atom. The van der Waals surface area contributed by atoms with E-state index in [1.165, 1.54) is 7.11 Å². The maximum absolute atomic E-state index is 12.0. The number of aromatic nitrogens is 1. The van der Waals surface area contributed by atoms with Crippen molar-refractivity contribution in [1.82, 2.24) is 4.98 Å². The van der Waals surface area contributed by atoms with E-state index in [1.54, 1.807) is 47.9 Å². The zero-order valence-electron chi connectivity index (χ0n) is 14.1. The Kier molecular flexibility index (Phi) is 5.60. The second-order valence-corrected chi connectivity index (χ2v) is 6.47. The summed E-state index contributed by atoms with van der Waals surface area (Å²) in [4.78, 5) is 28.8. The maximum atomic E-state index is 12.0. The van der Waals surface area contributed by atoms with Crippen LogP contribution in [0, 0.1) is 0 Å². The first-order valence-electron chi connectivity index (χ1n) is 7.88. The largest absolute Gasteiger partial charge is 0.465 e. The molecule has 0 spiro atoms. The summed E-state index contributed by atoms with van der Waals surface area (Å²) in [5.41, 5.74) is 1.94. The number of thiophene rings is 1. The van der Waals surface area contributed by atoms with Gasteiger partial charge in [0.1, 0.15) is 5.82 Å². The highest BCUT2D eigenvalue weighted by molar-refractivity contribution is 7.10. The molecule has 6 nitrogen and oxygen atoms in total. The van der Waals surface area contributed by atoms with E-state index in [0.717, 1.165) is 16.3 Å². The summed E-state index contributed by atoms with van der Waals surface area (Å²) in [6.07, 6.45) is 1.95. The Hall–Kier alpha value is -3.19. The van der Waals surface area contributed by atoms with E-state index < -0.39 is 5.97 Å². The van der Waals surface area contributed by atoms with Gasteiger partial charge in [-0.15, -0.1) is 11.3 Å². The van der Waals surface area contributed by atoms with Gasteiger partial charge in [0, 0.05) is 10.6 Å². The fourth-order valence-corrected chi connectivity index (χ4v) is 3.01. The van der Waals surface area contributed by atoms with Crippen LogP contribution in [0.1, 0.15) is 15.2 Å². The van der Waals surface area contributed by atoms with Crippen LogP contribution in [0.3, 0.4) is 0 Å². The number of carbonyl (C=O) groups is 2. The van der Waals surface area contributed by atoms with Gasteiger partial charge in [0.15, 0.2) is 0 Å². The third-order valence-corrected chi connectivity index (χ3v) is 4.39. The smallest absolute Gasteiger partial charge is 0.337 e. The number of pyridine rings is 1. The predicted molar refractivity (Wildman–Crippen MR) is 102 cm³/mol. The number of amides is 1. The van der Waals surface area contributed by atoms with Crippen molar-refractivity contribution in [2.24, 2.45) is 0 Å². The van der Waals surface area contributed by atoms with Gasteiger partial charge in [0.25, 0.3) is 0 Å². The van der Waals surface area contributed by atoms with Gasteiger partial charge >= 0.3 is 5.97 Å².